The van der Waals surface area contributed by atoms with Crippen molar-refractivity contribution in [1.82, 2.24) is 5.32 Å². The molecule has 0 aliphatic carbocycles. The van der Waals surface area contributed by atoms with Crippen molar-refractivity contribution < 1.29 is 41.6 Å². The van der Waals surface area contributed by atoms with Gasteiger partial charge in [-0.3, -0.25) is 14.9 Å². The molecule has 4 atom stereocenters. The smallest absolute Gasteiger partial charge is 0.454 e. The first-order valence-electron chi connectivity index (χ1n) is 10.6. The topological polar surface area (TPSA) is 117 Å². The number of nitrogens with zero attached hydrogens (tertiary/aromatic N) is 1. The minimum absolute atomic E-state index is 0.0432. The summed E-state index contributed by atoms with van der Waals surface area (Å²) in [5, 5.41) is 12.5. The number of alkyl halides is 3. The van der Waals surface area contributed by atoms with Crippen LogP contribution in [-0.4, -0.2) is 55.8 Å². The van der Waals surface area contributed by atoms with Crippen LogP contribution in [-0.2, 0) is 18.7 Å². The molecule has 13 heteroatoms. The van der Waals surface area contributed by atoms with Crippen LogP contribution in [0.2, 0.25) is 18.1 Å². The van der Waals surface area contributed by atoms with Crippen molar-refractivity contribution in [2.75, 3.05) is 0 Å². The molecule has 190 valence electrons. The summed E-state index contributed by atoms with van der Waals surface area (Å²) in [6, 6.07) is 3.30. The number of ether oxygens (including phenoxy) is 2. The molecule has 0 bridgehead atoms. The average molecular weight is 507 g/mol. The molecule has 1 heterocycles. The van der Waals surface area contributed by atoms with Gasteiger partial charge in [0, 0.05) is 18.6 Å². The van der Waals surface area contributed by atoms with Gasteiger partial charge in [-0.25, -0.2) is 4.79 Å². The van der Waals surface area contributed by atoms with E-state index in [1.165, 1.54) is 19.1 Å². The maximum atomic E-state index is 13.0. The summed E-state index contributed by atoms with van der Waals surface area (Å²) < 4.78 is 56.3. The van der Waals surface area contributed by atoms with E-state index in [4.69, 9.17) is 13.9 Å². The number of esters is 1. The van der Waals surface area contributed by atoms with Gasteiger partial charge in [-0.05, 0) is 37.2 Å². The molecule has 1 aromatic carbocycles. The fourth-order valence-electron chi connectivity index (χ4n) is 3.10. The van der Waals surface area contributed by atoms with E-state index in [9.17, 15) is 32.9 Å². The van der Waals surface area contributed by atoms with Gasteiger partial charge in [0.15, 0.2) is 8.32 Å². The monoisotopic (exact) mass is 506 g/mol. The van der Waals surface area contributed by atoms with Gasteiger partial charge >= 0.3 is 18.1 Å². The van der Waals surface area contributed by atoms with Crippen molar-refractivity contribution in [1.29, 1.82) is 0 Å². The Hall–Kier alpha value is -2.51. The van der Waals surface area contributed by atoms with Crippen molar-refractivity contribution >= 4 is 25.9 Å². The van der Waals surface area contributed by atoms with Gasteiger partial charge in [-0.1, -0.05) is 20.8 Å². The molecule has 9 nitrogen and oxygen atoms in total. The Morgan fingerprint density at radius 3 is 2.21 bits per heavy atom. The number of benzene rings is 1. The molecular formula is C21H29F3N2O7Si. The summed E-state index contributed by atoms with van der Waals surface area (Å²) in [5.74, 6) is -3.10. The van der Waals surface area contributed by atoms with E-state index in [2.05, 4.69) is 0 Å². The molecule has 1 fully saturated rings. The number of hydrogen-bond acceptors (Lipinski definition) is 7. The van der Waals surface area contributed by atoms with Crippen molar-refractivity contribution in [3.8, 4) is 0 Å². The van der Waals surface area contributed by atoms with Gasteiger partial charge in [0.05, 0.1) is 22.6 Å². The standard InChI is InChI=1S/C21H29F3N2O7Si/c1-12-17(32-18(27)13-7-9-14(10-8-13)26(29)30)15(25-19(28)21(22,23)24)11-16(31-12)33-34(5,6)20(2,3)4/h7-10,12,15-17H,11H2,1-6H3,(H,25,28)/t12-,15-,16+,17+/m0/s1. The van der Waals surface area contributed by atoms with E-state index in [1.807, 2.05) is 39.2 Å². The second-order valence-corrected chi connectivity index (χ2v) is 14.4. The molecule has 0 saturated carbocycles. The molecule has 0 unspecified atom stereocenters. The number of rotatable bonds is 6. The molecule has 0 radical (unpaired) electrons. The predicted octanol–water partition coefficient (Wildman–Crippen LogP) is 4.32. The molecule has 1 aromatic rings. The van der Waals surface area contributed by atoms with Crippen LogP contribution in [0.15, 0.2) is 24.3 Å². The molecule has 1 aliphatic rings. The lowest BCUT2D eigenvalue weighted by molar-refractivity contribution is -0.384. The number of nitrogens with one attached hydrogen (secondary N) is 1. The lowest BCUT2D eigenvalue weighted by Crippen LogP contribution is -2.60. The number of carbonyl (C=O) groups is 2. The largest absolute Gasteiger partial charge is 0.471 e. The molecule has 0 aromatic heterocycles. The van der Waals surface area contributed by atoms with Crippen LogP contribution >= 0.6 is 0 Å². The van der Waals surface area contributed by atoms with E-state index < -0.39 is 55.8 Å². The van der Waals surface area contributed by atoms with Crippen LogP contribution in [0.3, 0.4) is 0 Å². The van der Waals surface area contributed by atoms with E-state index in [-0.39, 0.29) is 22.7 Å². The zero-order valence-electron chi connectivity index (χ0n) is 19.8. The van der Waals surface area contributed by atoms with Crippen LogP contribution in [0.4, 0.5) is 18.9 Å². The third-order valence-electron chi connectivity index (χ3n) is 6.04. The van der Waals surface area contributed by atoms with Crippen LogP contribution < -0.4 is 5.32 Å². The number of nitro benzene ring substituents is 1. The van der Waals surface area contributed by atoms with Gasteiger partial charge in [0.1, 0.15) is 12.4 Å². The summed E-state index contributed by atoms with van der Waals surface area (Å²) in [4.78, 5) is 34.4. The first-order chi connectivity index (χ1) is 15.4. The Labute approximate surface area is 196 Å². The number of carbonyl (C=O) groups excluding carboxylic acids is 2. The van der Waals surface area contributed by atoms with Crippen molar-refractivity contribution in [3.63, 3.8) is 0 Å². The Morgan fingerprint density at radius 1 is 1.18 bits per heavy atom. The summed E-state index contributed by atoms with van der Waals surface area (Å²) in [7, 11) is -2.37. The first kappa shape index (κ1) is 27.7. The number of halogens is 3. The summed E-state index contributed by atoms with van der Waals surface area (Å²) >= 11 is 0. The van der Waals surface area contributed by atoms with E-state index in [0.717, 1.165) is 12.1 Å². The Kier molecular flexibility index (Phi) is 8.16. The highest BCUT2D eigenvalue weighted by Gasteiger charge is 2.48. The second-order valence-electron chi connectivity index (χ2n) is 9.64. The Balaban J connectivity index is 2.25. The third kappa shape index (κ3) is 6.76. The van der Waals surface area contributed by atoms with Gasteiger partial charge < -0.3 is 19.2 Å². The predicted molar refractivity (Wildman–Crippen MR) is 118 cm³/mol. The van der Waals surface area contributed by atoms with Crippen LogP contribution in [0.25, 0.3) is 0 Å². The van der Waals surface area contributed by atoms with Crippen molar-refractivity contribution in [2.45, 2.75) is 83.0 Å². The van der Waals surface area contributed by atoms with E-state index >= 15 is 0 Å². The second kappa shape index (κ2) is 10.00. The van der Waals surface area contributed by atoms with Crippen LogP contribution in [0.1, 0.15) is 44.5 Å². The fraction of sp³-hybridized carbons (Fsp3) is 0.619. The van der Waals surface area contributed by atoms with E-state index in [1.54, 1.807) is 0 Å². The van der Waals surface area contributed by atoms with Gasteiger partial charge in [-0.15, -0.1) is 0 Å². The number of nitro groups is 1. The van der Waals surface area contributed by atoms with Crippen molar-refractivity contribution in [2.24, 2.45) is 0 Å². The van der Waals surface area contributed by atoms with Gasteiger partial charge in [-0.2, -0.15) is 13.2 Å². The summed E-state index contributed by atoms with van der Waals surface area (Å²) in [6.45, 7) is 11.4. The summed E-state index contributed by atoms with van der Waals surface area (Å²) in [5.41, 5.74) is -0.287. The highest BCUT2D eigenvalue weighted by molar-refractivity contribution is 6.74. The molecule has 1 aliphatic heterocycles. The minimum atomic E-state index is -5.13. The molecule has 0 spiro atoms. The van der Waals surface area contributed by atoms with Gasteiger partial charge in [0.25, 0.3) is 5.69 Å². The zero-order valence-corrected chi connectivity index (χ0v) is 20.8. The van der Waals surface area contributed by atoms with Gasteiger partial charge in [0.2, 0.25) is 0 Å². The quantitative estimate of drug-likeness (QED) is 0.264. The number of hydrogen-bond donors (Lipinski definition) is 1. The highest BCUT2D eigenvalue weighted by Crippen LogP contribution is 2.39. The lowest BCUT2D eigenvalue weighted by Gasteiger charge is -2.45. The maximum Gasteiger partial charge on any atom is 0.471 e. The number of non-ortho nitro benzene ring substituents is 1. The minimum Gasteiger partial charge on any atom is -0.454 e. The fourth-order valence-corrected chi connectivity index (χ4v) is 4.26. The third-order valence-corrected chi connectivity index (χ3v) is 10.5. The normalized spacial score (nSPS) is 23.8. The Morgan fingerprint density at radius 2 is 1.74 bits per heavy atom. The van der Waals surface area contributed by atoms with Crippen LogP contribution in [0.5, 0.6) is 0 Å². The highest BCUT2D eigenvalue weighted by atomic mass is 28.4. The maximum absolute atomic E-state index is 13.0. The van der Waals surface area contributed by atoms with Crippen molar-refractivity contribution in [3.05, 3.63) is 39.9 Å². The van der Waals surface area contributed by atoms with Crippen LogP contribution in [0, 0.1) is 10.1 Å². The molecule has 1 saturated heterocycles. The SMILES string of the molecule is C[C@@H]1O[C@H](O[Si](C)(C)C(C)(C)C)C[C@H](NC(=O)C(F)(F)F)[C@@H]1OC(=O)c1ccc([N+](=O)[O-])cc1. The number of amides is 1. The average Bonchev–Trinajstić information content (AvgIpc) is 2.68. The molecular weight excluding hydrogens is 477 g/mol. The van der Waals surface area contributed by atoms with E-state index in [0.29, 0.717) is 0 Å². The first-order valence-corrected chi connectivity index (χ1v) is 13.5. The Bertz CT molecular complexity index is 916. The molecule has 1 N–H and O–H groups in total. The molecule has 1 amide bonds. The molecule has 2 rings (SSSR count). The zero-order chi connectivity index (χ0) is 26.1. The molecule has 34 heavy (non-hydrogen) atoms. The summed E-state index contributed by atoms with van der Waals surface area (Å²) in [6.07, 6.45) is -8.39. The lowest BCUT2D eigenvalue weighted by atomic mass is 9.99.